The fraction of sp³-hybridized carbons (Fsp3) is 0.656. The average Bonchev–Trinajstić information content (AvgIpc) is 2.87. The molecule has 0 N–H and O–H groups in total. The van der Waals surface area contributed by atoms with Crippen LogP contribution < -0.4 is 4.74 Å². The Kier molecular flexibility index (Phi) is 16.3. The summed E-state index contributed by atoms with van der Waals surface area (Å²) < 4.78 is 5.92. The van der Waals surface area contributed by atoms with Gasteiger partial charge in [0, 0.05) is 11.9 Å². The second-order valence-corrected chi connectivity index (χ2v) is 10.00. The molecule has 2 heteroatoms. The molecule has 0 unspecified atom stereocenters. The molecule has 0 saturated carbocycles. The fourth-order valence-electron chi connectivity index (χ4n) is 4.49. The number of aromatic nitrogens is 1. The molecule has 1 aromatic heterocycles. The Hall–Kier alpha value is -1.83. The van der Waals surface area contributed by atoms with Crippen LogP contribution in [0.3, 0.4) is 0 Å². The topological polar surface area (TPSA) is 22.1 Å². The number of unbranched alkanes of at least 4 members (excludes halogenated alkanes) is 13. The van der Waals surface area contributed by atoms with Crippen LogP contribution >= 0.6 is 0 Å². The van der Waals surface area contributed by atoms with E-state index in [2.05, 4.69) is 56.4 Å². The van der Waals surface area contributed by atoms with Crippen molar-refractivity contribution in [1.82, 2.24) is 4.98 Å². The van der Waals surface area contributed by atoms with Crippen molar-refractivity contribution in [1.29, 1.82) is 0 Å². The summed E-state index contributed by atoms with van der Waals surface area (Å²) in [6.07, 6.45) is 25.5. The Morgan fingerprint density at radius 3 is 1.68 bits per heavy atom. The quantitative estimate of drug-likeness (QED) is 0.171. The molecular weight excluding hydrogens is 414 g/mol. The highest BCUT2D eigenvalue weighted by Crippen LogP contribution is 2.16. The van der Waals surface area contributed by atoms with Crippen molar-refractivity contribution in [2.75, 3.05) is 6.61 Å². The predicted octanol–water partition coefficient (Wildman–Crippen LogP) is 9.68. The molecule has 1 aromatic carbocycles. The summed E-state index contributed by atoms with van der Waals surface area (Å²) in [5, 5.41) is 0. The summed E-state index contributed by atoms with van der Waals surface area (Å²) in [5.41, 5.74) is 3.93. The first-order valence-electron chi connectivity index (χ1n) is 14.5. The number of hydrogen-bond donors (Lipinski definition) is 0. The van der Waals surface area contributed by atoms with Crippen molar-refractivity contribution in [3.05, 3.63) is 59.4 Å². The summed E-state index contributed by atoms with van der Waals surface area (Å²) in [4.78, 5) is 4.72. The Bertz CT molecular complexity index is 643. The third kappa shape index (κ3) is 13.8. The molecule has 2 aromatic rings. The van der Waals surface area contributed by atoms with Crippen LogP contribution in [-0.4, -0.2) is 11.6 Å². The van der Waals surface area contributed by atoms with Gasteiger partial charge in [0.25, 0.3) is 0 Å². The van der Waals surface area contributed by atoms with E-state index in [0.717, 1.165) is 31.6 Å². The van der Waals surface area contributed by atoms with Gasteiger partial charge in [-0.2, -0.15) is 0 Å². The molecule has 2 rings (SSSR count). The van der Waals surface area contributed by atoms with Crippen LogP contribution in [0.2, 0.25) is 0 Å². The van der Waals surface area contributed by atoms with Crippen molar-refractivity contribution in [2.24, 2.45) is 0 Å². The van der Waals surface area contributed by atoms with Gasteiger partial charge in [0.15, 0.2) is 0 Å². The van der Waals surface area contributed by atoms with E-state index in [1.54, 1.807) is 0 Å². The lowest BCUT2D eigenvalue weighted by molar-refractivity contribution is 0.304. The van der Waals surface area contributed by atoms with Gasteiger partial charge in [0.05, 0.1) is 6.61 Å². The first kappa shape index (κ1) is 28.4. The molecule has 0 spiro atoms. The van der Waals surface area contributed by atoms with Gasteiger partial charge in [-0.15, -0.1) is 0 Å². The number of ether oxygens (including phenoxy) is 1. The van der Waals surface area contributed by atoms with Crippen LogP contribution in [0.4, 0.5) is 0 Å². The lowest BCUT2D eigenvalue weighted by Gasteiger charge is -2.08. The van der Waals surface area contributed by atoms with E-state index in [9.17, 15) is 0 Å². The summed E-state index contributed by atoms with van der Waals surface area (Å²) in [5.74, 6) is 0.998. The van der Waals surface area contributed by atoms with Gasteiger partial charge >= 0.3 is 0 Å². The van der Waals surface area contributed by atoms with Gasteiger partial charge < -0.3 is 4.74 Å². The Morgan fingerprint density at radius 1 is 0.529 bits per heavy atom. The number of nitrogens with zero attached hydrogens (tertiary/aromatic N) is 1. The van der Waals surface area contributed by atoms with Gasteiger partial charge in [-0.05, 0) is 61.4 Å². The zero-order valence-corrected chi connectivity index (χ0v) is 22.3. The van der Waals surface area contributed by atoms with Crippen LogP contribution in [0, 0.1) is 0 Å². The molecule has 0 aliphatic carbocycles. The molecule has 0 aliphatic rings. The molecule has 34 heavy (non-hydrogen) atoms. The van der Waals surface area contributed by atoms with E-state index in [1.165, 1.54) is 113 Å². The monoisotopic (exact) mass is 465 g/mol. The van der Waals surface area contributed by atoms with E-state index in [1.807, 2.05) is 0 Å². The van der Waals surface area contributed by atoms with Crippen LogP contribution in [-0.2, 0) is 19.3 Å². The minimum absolute atomic E-state index is 0.836. The zero-order valence-electron chi connectivity index (χ0n) is 22.3. The molecule has 0 radical (unpaired) electrons. The number of rotatable bonds is 21. The number of benzene rings is 1. The summed E-state index contributed by atoms with van der Waals surface area (Å²) in [6.45, 7) is 5.39. The summed E-state index contributed by atoms with van der Waals surface area (Å²) >= 11 is 0. The van der Waals surface area contributed by atoms with E-state index in [0.29, 0.717) is 0 Å². The van der Waals surface area contributed by atoms with Crippen LogP contribution in [0.5, 0.6) is 5.75 Å². The zero-order chi connectivity index (χ0) is 24.1. The molecule has 0 aliphatic heterocycles. The minimum atomic E-state index is 0.836. The number of aryl methyl sites for hydroxylation is 3. The lowest BCUT2D eigenvalue weighted by atomic mass is 10.0. The van der Waals surface area contributed by atoms with Gasteiger partial charge in [-0.1, -0.05) is 116 Å². The highest BCUT2D eigenvalue weighted by Gasteiger charge is 2.01. The smallest absolute Gasteiger partial charge is 0.119 e. The van der Waals surface area contributed by atoms with Gasteiger partial charge in [0.2, 0.25) is 0 Å². The van der Waals surface area contributed by atoms with Gasteiger partial charge in [0.1, 0.15) is 5.75 Å². The molecule has 190 valence electrons. The maximum absolute atomic E-state index is 5.92. The van der Waals surface area contributed by atoms with Crippen molar-refractivity contribution in [2.45, 2.75) is 129 Å². The fourth-order valence-corrected chi connectivity index (χ4v) is 4.49. The van der Waals surface area contributed by atoms with Crippen LogP contribution in [0.25, 0.3) is 0 Å². The first-order valence-corrected chi connectivity index (χ1v) is 14.5. The van der Waals surface area contributed by atoms with Crippen molar-refractivity contribution >= 4 is 0 Å². The predicted molar refractivity (Wildman–Crippen MR) is 148 cm³/mol. The molecule has 2 nitrogen and oxygen atoms in total. The number of hydrogen-bond acceptors (Lipinski definition) is 2. The van der Waals surface area contributed by atoms with E-state index >= 15 is 0 Å². The maximum Gasteiger partial charge on any atom is 0.119 e. The van der Waals surface area contributed by atoms with E-state index in [4.69, 9.17) is 9.72 Å². The first-order chi connectivity index (χ1) is 16.8. The standard InChI is InChI=1S/C32H51NO/c1-3-5-7-9-11-12-14-16-18-30-20-24-31(33-28-30)23-19-29-21-25-32(26-22-29)34-27-17-15-13-10-8-6-4-2/h20-22,24-26,28H,3-19,23,27H2,1-2H3. The third-order valence-corrected chi connectivity index (χ3v) is 6.81. The Morgan fingerprint density at radius 2 is 1.09 bits per heavy atom. The lowest BCUT2D eigenvalue weighted by Crippen LogP contribution is -1.98. The largest absolute Gasteiger partial charge is 0.494 e. The second-order valence-electron chi connectivity index (χ2n) is 10.00. The van der Waals surface area contributed by atoms with E-state index < -0.39 is 0 Å². The Labute approximate surface area is 210 Å². The molecular formula is C32H51NO. The van der Waals surface area contributed by atoms with Gasteiger partial charge in [-0.25, -0.2) is 0 Å². The van der Waals surface area contributed by atoms with Crippen molar-refractivity contribution < 1.29 is 4.74 Å². The normalized spacial score (nSPS) is 11.1. The Balaban J connectivity index is 1.54. The highest BCUT2D eigenvalue weighted by atomic mass is 16.5. The second kappa shape index (κ2) is 19.5. The summed E-state index contributed by atoms with van der Waals surface area (Å²) in [6, 6.07) is 13.2. The average molecular weight is 466 g/mol. The third-order valence-electron chi connectivity index (χ3n) is 6.81. The van der Waals surface area contributed by atoms with Crippen LogP contribution in [0.1, 0.15) is 127 Å². The number of pyridine rings is 1. The summed E-state index contributed by atoms with van der Waals surface area (Å²) in [7, 11) is 0. The molecule has 0 atom stereocenters. The van der Waals surface area contributed by atoms with Crippen molar-refractivity contribution in [3.63, 3.8) is 0 Å². The molecule has 0 amide bonds. The maximum atomic E-state index is 5.92. The molecule has 0 fully saturated rings. The molecule has 0 bridgehead atoms. The van der Waals surface area contributed by atoms with Crippen molar-refractivity contribution in [3.8, 4) is 5.75 Å². The SMILES string of the molecule is CCCCCCCCCCc1ccc(CCc2ccc(OCCCCCCCCC)cc2)nc1. The van der Waals surface area contributed by atoms with Crippen LogP contribution in [0.15, 0.2) is 42.6 Å². The highest BCUT2D eigenvalue weighted by molar-refractivity contribution is 5.28. The van der Waals surface area contributed by atoms with Gasteiger partial charge in [-0.3, -0.25) is 4.98 Å². The molecule has 0 saturated heterocycles. The molecule has 1 heterocycles. The van der Waals surface area contributed by atoms with E-state index in [-0.39, 0.29) is 0 Å². The minimum Gasteiger partial charge on any atom is -0.494 e.